The van der Waals surface area contributed by atoms with Crippen molar-refractivity contribution in [3.63, 3.8) is 0 Å². The van der Waals surface area contributed by atoms with Crippen LogP contribution in [0.25, 0.3) is 0 Å². The number of aromatic nitrogens is 2. The molecule has 6 nitrogen and oxygen atoms in total. The molecule has 1 aliphatic heterocycles. The SMILES string of the molecule is CCC(C)N1CCN(S(=O)(=O)c2cn[nH]c2)CC1. The van der Waals surface area contributed by atoms with Gasteiger partial charge in [-0.05, 0) is 13.3 Å². The summed E-state index contributed by atoms with van der Waals surface area (Å²) in [5.41, 5.74) is 0. The van der Waals surface area contributed by atoms with Crippen LogP contribution in [0.4, 0.5) is 0 Å². The van der Waals surface area contributed by atoms with Gasteiger partial charge in [-0.25, -0.2) is 8.42 Å². The smallest absolute Gasteiger partial charge is 0.246 e. The van der Waals surface area contributed by atoms with Crippen molar-refractivity contribution >= 4 is 10.0 Å². The molecule has 0 aromatic carbocycles. The molecule has 1 aromatic heterocycles. The minimum Gasteiger partial charge on any atom is -0.298 e. The minimum absolute atomic E-state index is 0.250. The predicted molar refractivity (Wildman–Crippen MR) is 68.7 cm³/mol. The number of sulfonamides is 1. The van der Waals surface area contributed by atoms with Gasteiger partial charge in [0.15, 0.2) is 0 Å². The first-order chi connectivity index (χ1) is 8.55. The van der Waals surface area contributed by atoms with Gasteiger partial charge < -0.3 is 0 Å². The Balaban J connectivity index is 2.02. The van der Waals surface area contributed by atoms with E-state index in [1.54, 1.807) is 0 Å². The number of rotatable bonds is 4. The van der Waals surface area contributed by atoms with Crippen molar-refractivity contribution < 1.29 is 8.42 Å². The minimum atomic E-state index is -3.36. The van der Waals surface area contributed by atoms with E-state index >= 15 is 0 Å². The Morgan fingerprint density at radius 2 is 2.06 bits per heavy atom. The highest BCUT2D eigenvalue weighted by atomic mass is 32.2. The lowest BCUT2D eigenvalue weighted by atomic mass is 10.2. The highest BCUT2D eigenvalue weighted by Crippen LogP contribution is 2.17. The topological polar surface area (TPSA) is 69.3 Å². The lowest BCUT2D eigenvalue weighted by molar-refractivity contribution is 0.142. The summed E-state index contributed by atoms with van der Waals surface area (Å²) in [6.45, 7) is 7.04. The third kappa shape index (κ3) is 2.57. The number of hydrogen-bond acceptors (Lipinski definition) is 4. The maximum absolute atomic E-state index is 12.2. The van der Waals surface area contributed by atoms with E-state index in [0.29, 0.717) is 19.1 Å². The maximum Gasteiger partial charge on any atom is 0.246 e. The zero-order valence-electron chi connectivity index (χ0n) is 10.8. The molecule has 1 atom stereocenters. The lowest BCUT2D eigenvalue weighted by Crippen LogP contribution is -2.51. The van der Waals surface area contributed by atoms with Gasteiger partial charge in [-0.1, -0.05) is 6.92 Å². The monoisotopic (exact) mass is 272 g/mol. The Morgan fingerprint density at radius 1 is 1.39 bits per heavy atom. The van der Waals surface area contributed by atoms with E-state index in [-0.39, 0.29) is 4.90 Å². The number of nitrogens with zero attached hydrogens (tertiary/aromatic N) is 3. The van der Waals surface area contributed by atoms with Crippen molar-refractivity contribution in [1.82, 2.24) is 19.4 Å². The zero-order valence-corrected chi connectivity index (χ0v) is 11.7. The number of H-pyrrole nitrogens is 1. The lowest BCUT2D eigenvalue weighted by Gasteiger charge is -2.36. The molecule has 2 heterocycles. The van der Waals surface area contributed by atoms with Crippen LogP contribution in [-0.2, 0) is 10.0 Å². The van der Waals surface area contributed by atoms with Gasteiger partial charge in [0.1, 0.15) is 4.90 Å². The van der Waals surface area contributed by atoms with E-state index in [2.05, 4.69) is 28.9 Å². The third-order valence-corrected chi connectivity index (χ3v) is 5.46. The fraction of sp³-hybridized carbons (Fsp3) is 0.727. The summed E-state index contributed by atoms with van der Waals surface area (Å²) in [5, 5.41) is 6.24. The molecule has 1 aliphatic rings. The number of piperazine rings is 1. The van der Waals surface area contributed by atoms with E-state index in [1.807, 2.05) is 0 Å². The fourth-order valence-corrected chi connectivity index (χ4v) is 3.50. The number of hydrogen-bond donors (Lipinski definition) is 1. The van der Waals surface area contributed by atoms with Crippen LogP contribution in [0.1, 0.15) is 20.3 Å². The highest BCUT2D eigenvalue weighted by Gasteiger charge is 2.29. The molecule has 1 N–H and O–H groups in total. The van der Waals surface area contributed by atoms with Crippen molar-refractivity contribution in [2.24, 2.45) is 0 Å². The van der Waals surface area contributed by atoms with Gasteiger partial charge in [0.2, 0.25) is 10.0 Å². The van der Waals surface area contributed by atoms with Crippen molar-refractivity contribution in [2.75, 3.05) is 26.2 Å². The van der Waals surface area contributed by atoms with Gasteiger partial charge in [-0.2, -0.15) is 9.40 Å². The second kappa shape index (κ2) is 5.38. The van der Waals surface area contributed by atoms with E-state index in [0.717, 1.165) is 19.5 Å². The quantitative estimate of drug-likeness (QED) is 0.867. The van der Waals surface area contributed by atoms with Gasteiger partial charge >= 0.3 is 0 Å². The Kier molecular flexibility index (Phi) is 4.04. The first-order valence-electron chi connectivity index (χ1n) is 6.28. The van der Waals surface area contributed by atoms with E-state index < -0.39 is 10.0 Å². The molecular weight excluding hydrogens is 252 g/mol. The first kappa shape index (κ1) is 13.5. The summed E-state index contributed by atoms with van der Waals surface area (Å²) >= 11 is 0. The molecule has 0 radical (unpaired) electrons. The Morgan fingerprint density at radius 3 is 2.56 bits per heavy atom. The molecule has 1 fully saturated rings. The summed E-state index contributed by atoms with van der Waals surface area (Å²) in [6, 6.07) is 0.517. The van der Waals surface area contributed by atoms with Gasteiger partial charge in [-0.3, -0.25) is 10.00 Å². The molecule has 102 valence electrons. The average Bonchev–Trinajstić information content (AvgIpc) is 2.92. The van der Waals surface area contributed by atoms with Crippen molar-refractivity contribution in [1.29, 1.82) is 0 Å². The number of aromatic amines is 1. The molecule has 1 aromatic rings. The van der Waals surface area contributed by atoms with Crippen molar-refractivity contribution in [3.8, 4) is 0 Å². The van der Waals surface area contributed by atoms with Crippen LogP contribution < -0.4 is 0 Å². The second-order valence-electron chi connectivity index (χ2n) is 4.63. The molecule has 1 saturated heterocycles. The normalized spacial score (nSPS) is 21.0. The highest BCUT2D eigenvalue weighted by molar-refractivity contribution is 7.89. The molecule has 2 rings (SSSR count). The van der Waals surface area contributed by atoms with Crippen LogP contribution in [0, 0.1) is 0 Å². The van der Waals surface area contributed by atoms with Crippen molar-refractivity contribution in [2.45, 2.75) is 31.2 Å². The Hall–Kier alpha value is -0.920. The van der Waals surface area contributed by atoms with Gasteiger partial charge in [0, 0.05) is 38.4 Å². The molecule has 0 aliphatic carbocycles. The molecule has 0 amide bonds. The predicted octanol–water partition coefficient (Wildman–Crippen LogP) is 0.515. The summed E-state index contributed by atoms with van der Waals surface area (Å²) in [4.78, 5) is 2.58. The molecular formula is C11H20N4O2S. The largest absolute Gasteiger partial charge is 0.298 e. The molecule has 0 spiro atoms. The molecule has 0 saturated carbocycles. The van der Waals surface area contributed by atoms with Gasteiger partial charge in [0.25, 0.3) is 0 Å². The molecule has 7 heteroatoms. The summed E-state index contributed by atoms with van der Waals surface area (Å²) in [7, 11) is -3.36. The standard InChI is InChI=1S/C11H20N4O2S/c1-3-10(2)14-4-6-15(7-5-14)18(16,17)11-8-12-13-9-11/h8-10H,3-7H2,1-2H3,(H,12,13). The maximum atomic E-state index is 12.2. The molecule has 0 bridgehead atoms. The number of nitrogens with one attached hydrogen (secondary N) is 1. The van der Waals surface area contributed by atoms with Crippen LogP contribution in [0.5, 0.6) is 0 Å². The average molecular weight is 272 g/mol. The van der Waals surface area contributed by atoms with E-state index in [9.17, 15) is 8.42 Å². The van der Waals surface area contributed by atoms with Crippen LogP contribution >= 0.6 is 0 Å². The van der Waals surface area contributed by atoms with Crippen LogP contribution in [0.2, 0.25) is 0 Å². The summed E-state index contributed by atoms with van der Waals surface area (Å²) in [6.07, 6.45) is 3.88. The summed E-state index contributed by atoms with van der Waals surface area (Å²) < 4.78 is 26.0. The second-order valence-corrected chi connectivity index (χ2v) is 6.57. The van der Waals surface area contributed by atoms with Crippen LogP contribution in [0.3, 0.4) is 0 Å². The molecule has 18 heavy (non-hydrogen) atoms. The summed E-state index contributed by atoms with van der Waals surface area (Å²) in [5.74, 6) is 0. The van der Waals surface area contributed by atoms with E-state index in [1.165, 1.54) is 16.7 Å². The van der Waals surface area contributed by atoms with Crippen molar-refractivity contribution in [3.05, 3.63) is 12.4 Å². The third-order valence-electron chi connectivity index (χ3n) is 3.60. The Bertz CT molecular complexity index is 463. The van der Waals surface area contributed by atoms with Gasteiger partial charge in [0.05, 0.1) is 6.20 Å². The van der Waals surface area contributed by atoms with Gasteiger partial charge in [-0.15, -0.1) is 0 Å². The fourth-order valence-electron chi connectivity index (χ4n) is 2.17. The van der Waals surface area contributed by atoms with Crippen LogP contribution in [0.15, 0.2) is 17.3 Å². The zero-order chi connectivity index (χ0) is 13.2. The van der Waals surface area contributed by atoms with E-state index in [4.69, 9.17) is 0 Å². The molecule has 1 unspecified atom stereocenters. The Labute approximate surface area is 108 Å². The van der Waals surface area contributed by atoms with Crippen LogP contribution in [-0.4, -0.2) is 60.0 Å². The first-order valence-corrected chi connectivity index (χ1v) is 7.72.